The topological polar surface area (TPSA) is 95.0 Å². The molecule has 3 rings (SSSR count). The van der Waals surface area contributed by atoms with Crippen LogP contribution in [0.25, 0.3) is 4.85 Å². The van der Waals surface area contributed by atoms with E-state index in [0.717, 1.165) is 42.2 Å². The van der Waals surface area contributed by atoms with Gasteiger partial charge >= 0.3 is 138 Å². The Bertz CT molecular complexity index is 667. The molecule has 136 valence electrons. The van der Waals surface area contributed by atoms with Crippen molar-refractivity contribution in [3.05, 3.63) is 27.0 Å². The Morgan fingerprint density at radius 2 is 1.63 bits per heavy atom. The van der Waals surface area contributed by atoms with Gasteiger partial charge in [0.2, 0.25) is 0 Å². The van der Waals surface area contributed by atoms with Crippen LogP contribution in [0.2, 0.25) is 0 Å². The average Bonchev–Trinajstić information content (AvgIpc) is 3.00. The second-order valence-corrected chi connectivity index (χ2v) is 8.02. The zero-order valence-corrected chi connectivity index (χ0v) is 24.1. The average molecular weight is 516 g/mol. The summed E-state index contributed by atoms with van der Waals surface area (Å²) in [6.45, 7) is 5.99. The molecule has 0 aromatic carbocycles. The van der Waals surface area contributed by atoms with Gasteiger partial charge in [0.1, 0.15) is 11.9 Å². The molecule has 1 heterocycles. The van der Waals surface area contributed by atoms with Crippen LogP contribution in [0.3, 0.4) is 0 Å². The summed E-state index contributed by atoms with van der Waals surface area (Å²) in [7, 11) is 0. The number of ketones is 1. The summed E-state index contributed by atoms with van der Waals surface area (Å²) in [4.78, 5) is 13.2. The molecule has 2 N–H and O–H groups in total. The molecule has 1 fully saturated rings. The van der Waals surface area contributed by atoms with E-state index in [1.807, 2.05) is 0 Å². The van der Waals surface area contributed by atoms with Crippen molar-refractivity contribution in [1.82, 2.24) is 0 Å². The van der Waals surface area contributed by atoms with E-state index in [4.69, 9.17) is 22.8 Å². The maximum absolute atomic E-state index is 10.5. The molecule has 0 bridgehead atoms. The molecule has 27 heavy (non-hydrogen) atoms. The number of Topliss-reactive ketones (excluding diaryl/α,β-unsaturated/α-hetero) is 1. The van der Waals surface area contributed by atoms with Crippen molar-refractivity contribution in [1.29, 1.82) is 10.5 Å². The molecular weight excluding hydrogens is 492 g/mol. The van der Waals surface area contributed by atoms with Gasteiger partial charge in [0, 0.05) is 12.8 Å². The molecule has 0 saturated heterocycles. The number of anilines is 1. The van der Waals surface area contributed by atoms with Crippen molar-refractivity contribution in [3.63, 3.8) is 0 Å². The predicted molar refractivity (Wildman–Crippen MR) is 114 cm³/mol. The van der Waals surface area contributed by atoms with Crippen molar-refractivity contribution < 1.29 is 4.79 Å². The van der Waals surface area contributed by atoms with E-state index in [2.05, 4.69) is 10.9 Å². The van der Waals surface area contributed by atoms with Gasteiger partial charge in [0.15, 0.2) is 0 Å². The summed E-state index contributed by atoms with van der Waals surface area (Å²) in [6.07, 6.45) is 10.0. The summed E-state index contributed by atoms with van der Waals surface area (Å²) < 4.78 is 2.35. The van der Waals surface area contributed by atoms with E-state index in [-0.39, 0.29) is 23.6 Å². The van der Waals surface area contributed by atoms with Crippen LogP contribution < -0.4 is 5.73 Å². The van der Waals surface area contributed by atoms with Crippen LogP contribution >= 0.6 is 0 Å². The van der Waals surface area contributed by atoms with Gasteiger partial charge in [0.25, 0.3) is 6.54 Å². The first-order chi connectivity index (χ1) is 12.6. The number of nitrogen functional groups attached to an aromatic ring is 1. The first kappa shape index (κ1) is 29.7. The molecule has 0 radical (unpaired) electrons. The third-order valence-corrected chi connectivity index (χ3v) is 6.22. The molecule has 9 heteroatoms. The normalized spacial score (nSPS) is 13.7. The molecule has 1 aromatic rings. The first-order valence-corrected chi connectivity index (χ1v) is 18.9. The minimum absolute atomic E-state index is 0. The van der Waals surface area contributed by atoms with Crippen LogP contribution in [0.1, 0.15) is 60.5 Å². The number of nitrogens with zero attached hydrogens (tertiary/aromatic N) is 3. The number of nitriles is 2. The number of carbonyl (C=O) groups excluding carboxylic acids is 1. The zero-order chi connectivity index (χ0) is 19.8. The van der Waals surface area contributed by atoms with Crippen LogP contribution in [0.15, 0.2) is 0 Å². The third-order valence-electron chi connectivity index (χ3n) is 3.87. The molecule has 0 spiro atoms. The molecule has 0 unspecified atom stereocenters. The Balaban J connectivity index is 0. The number of aryl methyl sites for hydroxylation is 1. The summed E-state index contributed by atoms with van der Waals surface area (Å²) in [5.41, 5.74) is 7.90. The molecule has 1 saturated carbocycles. The van der Waals surface area contributed by atoms with Crippen LogP contribution in [0, 0.1) is 29.2 Å². The van der Waals surface area contributed by atoms with Gasteiger partial charge < -0.3 is 4.85 Å². The minimum atomic E-state index is -0.0139. The van der Waals surface area contributed by atoms with Gasteiger partial charge in [0.05, 0.1) is 0 Å². The summed E-state index contributed by atoms with van der Waals surface area (Å²) in [5.74, 6) is 0.464. The maximum atomic E-state index is 10.5. The third kappa shape index (κ3) is 12.6. The molecule has 2 aliphatic carbocycles. The van der Waals surface area contributed by atoms with Crippen LogP contribution in [0.4, 0.5) is 4.56 Å². The number of carbonyl (C=O) groups is 1. The first-order valence-electron chi connectivity index (χ1n) is 9.16. The van der Waals surface area contributed by atoms with Crippen molar-refractivity contribution >= 4 is 85.5 Å². The second kappa shape index (κ2) is 19.8. The van der Waals surface area contributed by atoms with Gasteiger partial charge in [-0.05, 0) is 12.8 Å². The summed E-state index contributed by atoms with van der Waals surface area (Å²) >= 11 is 3.20. The number of nitrogens with two attached hydrogens (primary N) is 1. The van der Waals surface area contributed by atoms with Gasteiger partial charge in [-0.1, -0.05) is 6.42 Å². The molecule has 0 atom stereocenters. The van der Waals surface area contributed by atoms with E-state index in [9.17, 15) is 4.79 Å². The Hall–Kier alpha value is 0.459. The second-order valence-electron chi connectivity index (χ2n) is 5.64. The molecule has 0 aliphatic heterocycles. The van der Waals surface area contributed by atoms with Gasteiger partial charge in [-0.2, -0.15) is 5.26 Å². The standard InChI is InChI=1S/C9H10N2Se.C6H10O.C3H2N2.2Na.H2Se/c10-5-7-6-3-1-2-4-8(6)12-9(7)11;7-6-4-2-1-3-5-6;1-5-3-2-4;;;/h1-4,11H2;1-5H2;3H2;;;1H2. The molecule has 2 aliphatic rings. The van der Waals surface area contributed by atoms with Crippen LogP contribution in [-0.2, 0) is 17.6 Å². The van der Waals surface area contributed by atoms with E-state index in [1.165, 1.54) is 79.3 Å². The fraction of sp³-hybridized carbons (Fsp3) is 0.556. The monoisotopic (exact) mass is 518 g/mol. The number of hydrogen-bond donors (Lipinski definition) is 1. The van der Waals surface area contributed by atoms with Gasteiger partial charge in [-0.15, -0.1) is 0 Å². The van der Waals surface area contributed by atoms with Gasteiger partial charge in [-0.3, -0.25) is 4.79 Å². The molecule has 1 aromatic heterocycles. The quantitative estimate of drug-likeness (QED) is 0.320. The molecular formula is C18H24N4Na2OSe2. The predicted octanol–water partition coefficient (Wildman–Crippen LogP) is 1.35. The summed E-state index contributed by atoms with van der Waals surface area (Å²) in [5, 5.41) is 16.5. The Morgan fingerprint density at radius 1 is 1.07 bits per heavy atom. The molecule has 5 nitrogen and oxygen atoms in total. The van der Waals surface area contributed by atoms with E-state index in [0.29, 0.717) is 20.3 Å². The van der Waals surface area contributed by atoms with Crippen molar-refractivity contribution in [2.24, 2.45) is 0 Å². The fourth-order valence-electron chi connectivity index (χ4n) is 2.69. The SMILES string of the molecule is N#Cc1c(N)[se]c2c1CCCC2.O=C1CCCCC1.[C-]#[N+]CC#N.[Na][Na].[SeH2]. The summed E-state index contributed by atoms with van der Waals surface area (Å²) in [6, 6.07) is 3.89. The number of fused-ring (bicyclic) bond motifs is 1. The number of hydrogen-bond acceptors (Lipinski definition) is 4. The van der Waals surface area contributed by atoms with E-state index in [1.54, 1.807) is 6.07 Å². The fourth-order valence-corrected chi connectivity index (χ4v) is 5.02. The van der Waals surface area contributed by atoms with Crippen molar-refractivity contribution in [2.45, 2.75) is 57.8 Å². The van der Waals surface area contributed by atoms with Crippen molar-refractivity contribution in [2.75, 3.05) is 12.3 Å². The number of rotatable bonds is 0. The molecule has 0 amide bonds. The van der Waals surface area contributed by atoms with Crippen molar-refractivity contribution in [3.8, 4) is 12.1 Å². The Labute approximate surface area is 207 Å². The Morgan fingerprint density at radius 3 is 2.04 bits per heavy atom. The zero-order valence-electron chi connectivity index (χ0n) is 16.3. The van der Waals surface area contributed by atoms with E-state index >= 15 is 0 Å². The van der Waals surface area contributed by atoms with Gasteiger partial charge in [-0.25, -0.2) is 6.57 Å². The van der Waals surface area contributed by atoms with E-state index < -0.39 is 0 Å². The Kier molecular flexibility index (Phi) is 21.7. The van der Waals surface area contributed by atoms with Crippen LogP contribution in [0.5, 0.6) is 0 Å². The van der Waals surface area contributed by atoms with Crippen LogP contribution in [-0.4, -0.2) is 87.5 Å².